The van der Waals surface area contributed by atoms with Gasteiger partial charge in [0.25, 0.3) is 11.8 Å². The average molecular weight is 732 g/mol. The van der Waals surface area contributed by atoms with Crippen molar-refractivity contribution >= 4 is 40.0 Å². The SMILES string of the molecule is CCn1c(-c2cccnc2[C@H](C)OC)c2c3cc(ccc31)-c1csc(n1)C[C@H](NC(=O)C1(F)CCN1)C(=O)N1CCC[C@H](N1)C(=O)OCC(C)(C)C2. The third-order valence-electron chi connectivity index (χ3n) is 10.4. The number of alkyl halides is 1. The van der Waals surface area contributed by atoms with Crippen molar-refractivity contribution in [2.24, 2.45) is 5.41 Å². The van der Waals surface area contributed by atoms with Gasteiger partial charge in [-0.3, -0.25) is 29.7 Å². The lowest BCUT2D eigenvalue weighted by Gasteiger charge is -2.37. The number of cyclic esters (lactones) is 1. The maximum atomic E-state index is 15.1. The zero-order valence-corrected chi connectivity index (χ0v) is 31.1. The number of aryl methyl sites for hydroxylation is 1. The average Bonchev–Trinajstić information content (AvgIpc) is 3.73. The lowest BCUT2D eigenvalue weighted by Crippen LogP contribution is -2.66. The van der Waals surface area contributed by atoms with Gasteiger partial charge in [-0.15, -0.1) is 11.3 Å². The number of carbonyl (C=O) groups is 3. The number of ether oxygens (including phenoxy) is 2. The third kappa shape index (κ3) is 6.84. The molecular formula is C38H46FN7O5S. The molecule has 6 heterocycles. The normalized spacial score (nSPS) is 24.2. The van der Waals surface area contributed by atoms with Crippen LogP contribution in [0.3, 0.4) is 0 Å². The smallest absolute Gasteiger partial charge is 0.324 e. The van der Waals surface area contributed by atoms with Gasteiger partial charge >= 0.3 is 5.97 Å². The summed E-state index contributed by atoms with van der Waals surface area (Å²) in [7, 11) is 1.68. The second kappa shape index (κ2) is 14.3. The molecule has 12 nitrogen and oxygen atoms in total. The molecule has 6 bridgehead atoms. The van der Waals surface area contributed by atoms with E-state index in [0.29, 0.717) is 43.9 Å². The number of thiazole rings is 1. The molecule has 1 aromatic carbocycles. The van der Waals surface area contributed by atoms with E-state index in [1.54, 1.807) is 13.3 Å². The first-order valence-electron chi connectivity index (χ1n) is 18.0. The fourth-order valence-corrected chi connectivity index (χ4v) is 8.23. The Kier molecular flexibility index (Phi) is 9.93. The lowest BCUT2D eigenvalue weighted by molar-refractivity contribution is -0.156. The number of amides is 2. The summed E-state index contributed by atoms with van der Waals surface area (Å²) < 4.78 is 29.2. The van der Waals surface area contributed by atoms with Gasteiger partial charge < -0.3 is 19.4 Å². The van der Waals surface area contributed by atoms with E-state index in [2.05, 4.69) is 59.6 Å². The molecule has 2 amide bonds. The van der Waals surface area contributed by atoms with Crippen molar-refractivity contribution in [1.29, 1.82) is 0 Å². The lowest BCUT2D eigenvalue weighted by atomic mass is 9.84. The zero-order chi connectivity index (χ0) is 36.8. The van der Waals surface area contributed by atoms with Crippen molar-refractivity contribution in [3.8, 4) is 22.5 Å². The minimum atomic E-state index is -2.23. The first-order chi connectivity index (χ1) is 24.9. The van der Waals surface area contributed by atoms with Crippen molar-refractivity contribution < 1.29 is 28.2 Å². The van der Waals surface area contributed by atoms with Gasteiger partial charge in [0.1, 0.15) is 12.1 Å². The van der Waals surface area contributed by atoms with Gasteiger partial charge in [-0.1, -0.05) is 19.9 Å². The molecule has 4 aromatic rings. The highest BCUT2D eigenvalue weighted by Gasteiger charge is 2.46. The van der Waals surface area contributed by atoms with Crippen LogP contribution in [-0.4, -0.2) is 82.0 Å². The molecule has 4 atom stereocenters. The number of benzene rings is 1. The molecule has 0 radical (unpaired) electrons. The standard InChI is InChI=1S/C38H46FN7O5S/c1-6-45-30-12-11-23-17-25(30)26(33(45)24-9-7-14-40-32(24)22(2)50-5)19-37(3,4)21-51-35(48)27-10-8-16-46(44-27)34(47)28(18-31-42-29(23)20-52-31)43-36(49)38(39)13-15-41-38/h7,9,11-12,14,17,20,22,27-28,41,44H,6,8,10,13,15-16,18-19,21H2,1-5H3,(H,43,49)/t22-,27-,28-,38?/m0/s1. The van der Waals surface area contributed by atoms with E-state index in [-0.39, 0.29) is 25.6 Å². The van der Waals surface area contributed by atoms with E-state index >= 15 is 4.39 Å². The van der Waals surface area contributed by atoms with E-state index in [1.807, 2.05) is 24.4 Å². The van der Waals surface area contributed by atoms with Crippen LogP contribution in [-0.2, 0) is 43.2 Å². The number of pyridine rings is 1. The second-order valence-corrected chi connectivity index (χ2v) is 15.7. The first kappa shape index (κ1) is 36.1. The molecule has 2 fully saturated rings. The second-order valence-electron chi connectivity index (χ2n) is 14.7. The number of esters is 1. The number of hydrazine groups is 1. The number of fused-ring (bicyclic) bond motifs is 6. The summed E-state index contributed by atoms with van der Waals surface area (Å²) in [6, 6.07) is 8.47. The quantitative estimate of drug-likeness (QED) is 0.188. The number of halogens is 1. The maximum Gasteiger partial charge on any atom is 0.324 e. The van der Waals surface area contributed by atoms with E-state index in [4.69, 9.17) is 19.4 Å². The van der Waals surface area contributed by atoms with Crippen LogP contribution in [0.25, 0.3) is 33.4 Å². The maximum absolute atomic E-state index is 15.1. The van der Waals surface area contributed by atoms with Gasteiger partial charge in [-0.25, -0.2) is 14.8 Å². The van der Waals surface area contributed by atoms with E-state index in [1.165, 1.54) is 16.3 Å². The highest BCUT2D eigenvalue weighted by molar-refractivity contribution is 7.10. The molecule has 1 unspecified atom stereocenters. The zero-order valence-electron chi connectivity index (χ0n) is 30.3. The summed E-state index contributed by atoms with van der Waals surface area (Å²) in [5, 5.41) is 10.1. The molecule has 14 heteroatoms. The Bertz CT molecular complexity index is 2010. The van der Waals surface area contributed by atoms with Gasteiger partial charge in [-0.05, 0) is 62.9 Å². The molecule has 0 saturated carbocycles. The van der Waals surface area contributed by atoms with Crippen LogP contribution in [0.1, 0.15) is 69.3 Å². The summed E-state index contributed by atoms with van der Waals surface area (Å²) >= 11 is 1.38. The number of rotatable bonds is 6. The summed E-state index contributed by atoms with van der Waals surface area (Å²) in [6.45, 7) is 9.83. The molecule has 52 heavy (non-hydrogen) atoms. The Morgan fingerprint density at radius 1 is 1.27 bits per heavy atom. The van der Waals surface area contributed by atoms with Crippen LogP contribution in [0.2, 0.25) is 0 Å². The van der Waals surface area contributed by atoms with Gasteiger partial charge in [0.15, 0.2) is 0 Å². The van der Waals surface area contributed by atoms with Gasteiger partial charge in [-0.2, -0.15) is 0 Å². The highest BCUT2D eigenvalue weighted by atomic mass is 32.1. The minimum absolute atomic E-state index is 0.0206. The Morgan fingerprint density at radius 2 is 2.08 bits per heavy atom. The largest absolute Gasteiger partial charge is 0.464 e. The fraction of sp³-hybridized carbons (Fsp3) is 0.500. The number of nitrogens with one attached hydrogen (secondary N) is 3. The van der Waals surface area contributed by atoms with E-state index in [0.717, 1.165) is 44.7 Å². The summed E-state index contributed by atoms with van der Waals surface area (Å²) in [5.41, 5.74) is 9.21. The van der Waals surface area contributed by atoms with Crippen LogP contribution in [0, 0.1) is 5.41 Å². The predicted molar refractivity (Wildman–Crippen MR) is 196 cm³/mol. The Hall–Kier alpha value is -4.24. The van der Waals surface area contributed by atoms with Crippen LogP contribution in [0.4, 0.5) is 4.39 Å². The van der Waals surface area contributed by atoms with Crippen LogP contribution < -0.4 is 16.1 Å². The third-order valence-corrected chi connectivity index (χ3v) is 11.2. The summed E-state index contributed by atoms with van der Waals surface area (Å²) in [4.78, 5) is 50.3. The predicted octanol–water partition coefficient (Wildman–Crippen LogP) is 4.86. The first-order valence-corrected chi connectivity index (χ1v) is 18.9. The summed E-state index contributed by atoms with van der Waals surface area (Å²) in [5.74, 6) is -4.05. The number of aromatic nitrogens is 3. The van der Waals surface area contributed by atoms with Gasteiger partial charge in [0, 0.05) is 78.6 Å². The number of hydrogen-bond donors (Lipinski definition) is 3. The molecule has 276 valence electrons. The summed E-state index contributed by atoms with van der Waals surface area (Å²) in [6.07, 6.45) is 3.23. The number of nitrogens with zero attached hydrogens (tertiary/aromatic N) is 4. The molecule has 3 aromatic heterocycles. The number of carbonyl (C=O) groups excluding carboxylic acids is 3. The monoisotopic (exact) mass is 731 g/mol. The van der Waals surface area contributed by atoms with Crippen LogP contribution in [0.15, 0.2) is 41.9 Å². The fourth-order valence-electron chi connectivity index (χ4n) is 7.37. The van der Waals surface area contributed by atoms with Crippen molar-refractivity contribution in [2.75, 3.05) is 26.8 Å². The van der Waals surface area contributed by atoms with Crippen molar-refractivity contribution in [1.82, 2.24) is 35.6 Å². The molecule has 0 spiro atoms. The van der Waals surface area contributed by atoms with Crippen molar-refractivity contribution in [3.05, 3.63) is 58.2 Å². The molecule has 7 rings (SSSR count). The Labute approximate surface area is 306 Å². The molecule has 3 N–H and O–H groups in total. The highest BCUT2D eigenvalue weighted by Crippen LogP contribution is 2.42. The molecular weight excluding hydrogens is 686 g/mol. The molecule has 3 aliphatic heterocycles. The van der Waals surface area contributed by atoms with E-state index < -0.39 is 41.1 Å². The number of methoxy groups -OCH3 is 1. The Morgan fingerprint density at radius 3 is 2.81 bits per heavy atom. The molecule has 2 saturated heterocycles. The molecule has 0 aliphatic carbocycles. The van der Waals surface area contributed by atoms with Gasteiger partial charge in [0.05, 0.1) is 34.8 Å². The van der Waals surface area contributed by atoms with Crippen LogP contribution >= 0.6 is 11.3 Å². The minimum Gasteiger partial charge on any atom is -0.464 e. The number of hydrogen-bond acceptors (Lipinski definition) is 10. The van der Waals surface area contributed by atoms with Crippen molar-refractivity contribution in [3.63, 3.8) is 0 Å². The van der Waals surface area contributed by atoms with Gasteiger partial charge in [0.2, 0.25) is 5.79 Å². The van der Waals surface area contributed by atoms with Crippen LogP contribution in [0.5, 0.6) is 0 Å². The topological polar surface area (TPSA) is 140 Å². The van der Waals surface area contributed by atoms with Crippen molar-refractivity contribution in [2.45, 2.75) is 90.3 Å². The van der Waals surface area contributed by atoms with E-state index in [9.17, 15) is 14.4 Å². The Balaban J connectivity index is 1.36. The molecule has 3 aliphatic rings.